The van der Waals surface area contributed by atoms with Crippen LogP contribution in [0.25, 0.3) is 5.57 Å². The molecule has 7 heteroatoms. The standard InChI is InChI=1S/C26H20F2N2O3/c1-33-20-9-6-17(7-10-20)23-24(29-13-12-16-4-2-3-5-18(16)15-29)26(32)30(25(23)31)19-8-11-21(27)22(28)14-19/h2-11,14H,12-13,15H2,1H3. The SMILES string of the molecule is COc1ccc(C2=C(N3CCc4ccccc4C3)C(=O)N(c3ccc(F)c(F)c3)C2=O)cc1. The minimum absolute atomic E-state index is 0.0117. The molecule has 2 heterocycles. The van der Waals surface area contributed by atoms with E-state index in [0.29, 0.717) is 24.4 Å². The first-order chi connectivity index (χ1) is 16.0. The molecule has 2 aliphatic heterocycles. The Morgan fingerprint density at radius 2 is 1.58 bits per heavy atom. The number of imide groups is 1. The lowest BCUT2D eigenvalue weighted by molar-refractivity contribution is -0.120. The van der Waals surface area contributed by atoms with Gasteiger partial charge in [0.1, 0.15) is 11.4 Å². The number of hydrogen-bond acceptors (Lipinski definition) is 4. The molecule has 33 heavy (non-hydrogen) atoms. The van der Waals surface area contributed by atoms with Crippen LogP contribution in [0, 0.1) is 11.6 Å². The summed E-state index contributed by atoms with van der Waals surface area (Å²) in [6.07, 6.45) is 0.724. The van der Waals surface area contributed by atoms with E-state index in [0.717, 1.165) is 29.0 Å². The fraction of sp³-hybridized carbons (Fsp3) is 0.154. The van der Waals surface area contributed by atoms with E-state index < -0.39 is 23.4 Å². The number of hydrogen-bond donors (Lipinski definition) is 0. The molecular weight excluding hydrogens is 426 g/mol. The number of anilines is 1. The molecule has 0 saturated carbocycles. The summed E-state index contributed by atoms with van der Waals surface area (Å²) in [6.45, 7) is 1.02. The van der Waals surface area contributed by atoms with Gasteiger partial charge in [-0.1, -0.05) is 36.4 Å². The molecule has 0 unspecified atom stereocenters. The summed E-state index contributed by atoms with van der Waals surface area (Å²) in [7, 11) is 1.54. The Bertz CT molecular complexity index is 1300. The second-order valence-electron chi connectivity index (χ2n) is 7.94. The molecule has 5 rings (SSSR count). The predicted octanol–water partition coefficient (Wildman–Crippen LogP) is 4.32. The first-order valence-electron chi connectivity index (χ1n) is 10.5. The number of halogens is 2. The third-order valence-electron chi connectivity index (χ3n) is 6.05. The number of ether oxygens (including phenoxy) is 1. The Morgan fingerprint density at radius 1 is 0.848 bits per heavy atom. The van der Waals surface area contributed by atoms with E-state index in [2.05, 4.69) is 6.07 Å². The van der Waals surface area contributed by atoms with Crippen molar-refractivity contribution in [3.05, 3.63) is 101 Å². The maximum absolute atomic E-state index is 13.9. The Balaban J connectivity index is 1.62. The molecule has 0 radical (unpaired) electrons. The fourth-order valence-electron chi connectivity index (χ4n) is 4.37. The summed E-state index contributed by atoms with van der Waals surface area (Å²) >= 11 is 0. The average Bonchev–Trinajstić information content (AvgIpc) is 3.10. The Labute approximate surface area is 189 Å². The lowest BCUT2D eigenvalue weighted by atomic mass is 9.98. The molecule has 5 nitrogen and oxygen atoms in total. The third-order valence-corrected chi connectivity index (χ3v) is 6.05. The highest BCUT2D eigenvalue weighted by Crippen LogP contribution is 2.37. The molecule has 0 aliphatic carbocycles. The zero-order valence-electron chi connectivity index (χ0n) is 17.8. The molecule has 3 aromatic rings. The highest BCUT2D eigenvalue weighted by atomic mass is 19.2. The Morgan fingerprint density at radius 3 is 2.27 bits per heavy atom. The van der Waals surface area contributed by atoms with E-state index >= 15 is 0 Å². The number of nitrogens with zero attached hydrogens (tertiary/aromatic N) is 2. The van der Waals surface area contributed by atoms with Crippen molar-refractivity contribution in [1.82, 2.24) is 4.90 Å². The molecule has 0 N–H and O–H groups in total. The summed E-state index contributed by atoms with van der Waals surface area (Å²) in [5, 5.41) is 0. The van der Waals surface area contributed by atoms with Gasteiger partial charge in [0, 0.05) is 19.2 Å². The van der Waals surface area contributed by atoms with Crippen LogP contribution in [0.3, 0.4) is 0 Å². The maximum Gasteiger partial charge on any atom is 0.282 e. The van der Waals surface area contributed by atoms with Gasteiger partial charge in [0.2, 0.25) is 0 Å². The first kappa shape index (κ1) is 20.9. The van der Waals surface area contributed by atoms with Crippen LogP contribution in [-0.4, -0.2) is 30.4 Å². The van der Waals surface area contributed by atoms with Crippen molar-refractivity contribution in [2.45, 2.75) is 13.0 Å². The molecule has 2 amide bonds. The number of fused-ring (bicyclic) bond motifs is 1. The highest BCUT2D eigenvalue weighted by molar-refractivity contribution is 6.45. The van der Waals surface area contributed by atoms with E-state index in [-0.39, 0.29) is 17.0 Å². The molecular formula is C26H20F2N2O3. The molecule has 0 aromatic heterocycles. The Kier molecular flexibility index (Phi) is 5.17. The van der Waals surface area contributed by atoms with Crippen LogP contribution in [0.4, 0.5) is 14.5 Å². The zero-order chi connectivity index (χ0) is 23.1. The van der Waals surface area contributed by atoms with Crippen LogP contribution in [0.1, 0.15) is 16.7 Å². The minimum atomic E-state index is -1.13. The molecule has 0 fully saturated rings. The summed E-state index contributed by atoms with van der Waals surface area (Å²) in [5.41, 5.74) is 3.30. The van der Waals surface area contributed by atoms with E-state index in [9.17, 15) is 18.4 Å². The largest absolute Gasteiger partial charge is 0.497 e. The van der Waals surface area contributed by atoms with Crippen molar-refractivity contribution in [3.8, 4) is 5.75 Å². The van der Waals surface area contributed by atoms with Gasteiger partial charge < -0.3 is 9.64 Å². The van der Waals surface area contributed by atoms with E-state index in [1.165, 1.54) is 11.6 Å². The van der Waals surface area contributed by atoms with Crippen molar-refractivity contribution in [2.75, 3.05) is 18.6 Å². The zero-order valence-corrected chi connectivity index (χ0v) is 17.8. The van der Waals surface area contributed by atoms with Gasteiger partial charge in [-0.3, -0.25) is 9.59 Å². The quantitative estimate of drug-likeness (QED) is 0.561. The van der Waals surface area contributed by atoms with Gasteiger partial charge in [-0.25, -0.2) is 13.7 Å². The van der Waals surface area contributed by atoms with Crippen molar-refractivity contribution < 1.29 is 23.1 Å². The van der Waals surface area contributed by atoms with Gasteiger partial charge in [-0.05, 0) is 47.4 Å². The molecule has 0 spiro atoms. The van der Waals surface area contributed by atoms with Gasteiger partial charge >= 0.3 is 0 Å². The number of carbonyl (C=O) groups excluding carboxylic acids is 2. The van der Waals surface area contributed by atoms with Crippen molar-refractivity contribution in [2.24, 2.45) is 0 Å². The number of amides is 2. The smallest absolute Gasteiger partial charge is 0.282 e. The van der Waals surface area contributed by atoms with Crippen molar-refractivity contribution in [3.63, 3.8) is 0 Å². The lowest BCUT2D eigenvalue weighted by Gasteiger charge is -2.31. The molecule has 2 aliphatic rings. The number of benzene rings is 3. The van der Waals surface area contributed by atoms with Gasteiger partial charge in [0.05, 0.1) is 18.4 Å². The predicted molar refractivity (Wildman–Crippen MR) is 119 cm³/mol. The molecule has 166 valence electrons. The Hall–Kier alpha value is -4.00. The van der Waals surface area contributed by atoms with Gasteiger partial charge in [0.25, 0.3) is 11.8 Å². The molecule has 0 bridgehead atoms. The van der Waals surface area contributed by atoms with Crippen LogP contribution in [0.5, 0.6) is 5.75 Å². The molecule has 0 saturated heterocycles. The average molecular weight is 446 g/mol. The monoisotopic (exact) mass is 446 g/mol. The normalized spacial score (nSPS) is 15.8. The fourth-order valence-corrected chi connectivity index (χ4v) is 4.37. The number of carbonyl (C=O) groups is 2. The van der Waals surface area contributed by atoms with Gasteiger partial charge in [0.15, 0.2) is 11.6 Å². The van der Waals surface area contributed by atoms with Crippen LogP contribution >= 0.6 is 0 Å². The van der Waals surface area contributed by atoms with Gasteiger partial charge in [-0.15, -0.1) is 0 Å². The first-order valence-corrected chi connectivity index (χ1v) is 10.5. The van der Waals surface area contributed by atoms with Crippen molar-refractivity contribution >= 4 is 23.1 Å². The molecule has 3 aromatic carbocycles. The second-order valence-corrected chi connectivity index (χ2v) is 7.94. The van der Waals surface area contributed by atoms with Crippen LogP contribution in [-0.2, 0) is 22.6 Å². The van der Waals surface area contributed by atoms with Crippen LogP contribution < -0.4 is 9.64 Å². The van der Waals surface area contributed by atoms with E-state index in [1.807, 2.05) is 23.1 Å². The third kappa shape index (κ3) is 3.55. The lowest BCUT2D eigenvalue weighted by Crippen LogP contribution is -2.37. The van der Waals surface area contributed by atoms with Crippen molar-refractivity contribution in [1.29, 1.82) is 0 Å². The second kappa shape index (κ2) is 8.16. The van der Waals surface area contributed by atoms with E-state index in [1.54, 1.807) is 31.4 Å². The number of methoxy groups -OCH3 is 1. The summed E-state index contributed by atoms with van der Waals surface area (Å²) in [4.78, 5) is 29.9. The molecule has 0 atom stereocenters. The summed E-state index contributed by atoms with van der Waals surface area (Å²) in [5.74, 6) is -2.70. The topological polar surface area (TPSA) is 49.9 Å². The number of rotatable bonds is 4. The maximum atomic E-state index is 13.9. The van der Waals surface area contributed by atoms with E-state index in [4.69, 9.17) is 4.74 Å². The minimum Gasteiger partial charge on any atom is -0.497 e. The van der Waals surface area contributed by atoms with Gasteiger partial charge in [-0.2, -0.15) is 0 Å². The summed E-state index contributed by atoms with van der Waals surface area (Å²) < 4.78 is 32.7. The highest BCUT2D eigenvalue weighted by Gasteiger charge is 2.43. The summed E-state index contributed by atoms with van der Waals surface area (Å²) in [6, 6.07) is 17.8. The van der Waals surface area contributed by atoms with Crippen LogP contribution in [0.15, 0.2) is 72.4 Å². The van der Waals surface area contributed by atoms with Crippen LogP contribution in [0.2, 0.25) is 0 Å².